The third-order valence-corrected chi connectivity index (χ3v) is 3.57. The van der Waals surface area contributed by atoms with E-state index in [0.717, 1.165) is 37.5 Å². The lowest BCUT2D eigenvalue weighted by Gasteiger charge is -2.30. The van der Waals surface area contributed by atoms with Crippen molar-refractivity contribution in [1.29, 1.82) is 0 Å². The van der Waals surface area contributed by atoms with E-state index in [-0.39, 0.29) is 11.0 Å². The number of likely N-dealkylation sites (tertiary alicyclic amines) is 1. The van der Waals surface area contributed by atoms with E-state index < -0.39 is 0 Å². The normalized spacial score (nSPS) is 16.2. The number of anilines is 1. The summed E-state index contributed by atoms with van der Waals surface area (Å²) in [6.07, 6.45) is 2.18. The highest BCUT2D eigenvalue weighted by molar-refractivity contribution is 7.80. The highest BCUT2D eigenvalue weighted by atomic mass is 32.1. The van der Waals surface area contributed by atoms with Gasteiger partial charge >= 0.3 is 0 Å². The van der Waals surface area contributed by atoms with Crippen molar-refractivity contribution < 1.29 is 4.79 Å². The Morgan fingerprint density at radius 1 is 1.32 bits per heavy atom. The molecule has 0 bridgehead atoms. The minimum Gasteiger partial charge on any atom is -0.376 e. The first-order valence-electron chi connectivity index (χ1n) is 6.52. The topological polar surface area (TPSA) is 58.4 Å². The van der Waals surface area contributed by atoms with Crippen LogP contribution in [0.4, 0.5) is 5.69 Å². The molecule has 1 amide bonds. The van der Waals surface area contributed by atoms with Crippen LogP contribution in [-0.4, -0.2) is 29.0 Å². The molecule has 5 heteroatoms. The summed E-state index contributed by atoms with van der Waals surface area (Å²) in [6.45, 7) is 3.94. The Kier molecular flexibility index (Phi) is 4.37. The Morgan fingerprint density at radius 2 is 1.89 bits per heavy atom. The van der Waals surface area contributed by atoms with E-state index in [0.29, 0.717) is 5.56 Å². The maximum Gasteiger partial charge on any atom is 0.253 e. The fraction of sp³-hybridized carbons (Fsp3) is 0.429. The molecule has 102 valence electrons. The van der Waals surface area contributed by atoms with Crippen molar-refractivity contribution in [1.82, 2.24) is 4.90 Å². The summed E-state index contributed by atoms with van der Waals surface area (Å²) in [7, 11) is 0. The Hall–Kier alpha value is -1.62. The minimum absolute atomic E-state index is 0.105. The molecule has 0 aliphatic carbocycles. The van der Waals surface area contributed by atoms with Crippen molar-refractivity contribution >= 4 is 28.9 Å². The molecule has 19 heavy (non-hydrogen) atoms. The number of carbonyl (C=O) groups excluding carboxylic acids is 1. The maximum absolute atomic E-state index is 12.3. The number of nitrogens with one attached hydrogen (secondary N) is 1. The van der Waals surface area contributed by atoms with E-state index in [9.17, 15) is 4.79 Å². The van der Waals surface area contributed by atoms with Gasteiger partial charge in [0.05, 0.1) is 0 Å². The molecule has 1 aliphatic heterocycles. The fourth-order valence-electron chi connectivity index (χ4n) is 2.23. The Bertz CT molecular complexity index is 464. The number of nitrogens with two attached hydrogens (primary N) is 1. The molecule has 3 N–H and O–H groups in total. The number of rotatable bonds is 2. The van der Waals surface area contributed by atoms with Crippen LogP contribution in [0.5, 0.6) is 0 Å². The van der Waals surface area contributed by atoms with Crippen LogP contribution in [0.15, 0.2) is 24.3 Å². The number of carbonyl (C=O) groups is 1. The lowest BCUT2D eigenvalue weighted by atomic mass is 9.98. The number of hydrogen-bond acceptors (Lipinski definition) is 2. The van der Waals surface area contributed by atoms with E-state index in [1.807, 2.05) is 17.0 Å². The predicted molar refractivity (Wildman–Crippen MR) is 81.2 cm³/mol. The first kappa shape index (κ1) is 13.8. The predicted octanol–water partition coefficient (Wildman–Crippen LogP) is 2.21. The van der Waals surface area contributed by atoms with Gasteiger partial charge in [-0.2, -0.15) is 0 Å². The number of thiocarbonyl (C=S) groups is 1. The largest absolute Gasteiger partial charge is 0.376 e. The van der Waals surface area contributed by atoms with Crippen molar-refractivity contribution in [3.63, 3.8) is 0 Å². The SMILES string of the molecule is CC1CCN(C(=O)c2ccc(NC(N)=S)cc2)CC1. The smallest absolute Gasteiger partial charge is 0.253 e. The molecule has 1 heterocycles. The molecular weight excluding hydrogens is 258 g/mol. The van der Waals surface area contributed by atoms with Crippen LogP contribution in [0.2, 0.25) is 0 Å². The van der Waals surface area contributed by atoms with Crippen molar-refractivity contribution in [2.24, 2.45) is 11.7 Å². The van der Waals surface area contributed by atoms with Gasteiger partial charge in [-0.15, -0.1) is 0 Å². The molecule has 1 aromatic carbocycles. The lowest BCUT2D eigenvalue weighted by Crippen LogP contribution is -2.37. The third kappa shape index (κ3) is 3.67. The van der Waals surface area contributed by atoms with Gasteiger partial charge in [-0.3, -0.25) is 4.79 Å². The van der Waals surface area contributed by atoms with Crippen molar-refractivity contribution in [3.05, 3.63) is 29.8 Å². The minimum atomic E-state index is 0.105. The van der Waals surface area contributed by atoms with E-state index in [4.69, 9.17) is 18.0 Å². The number of hydrogen-bond donors (Lipinski definition) is 2. The second kappa shape index (κ2) is 6.02. The van der Waals surface area contributed by atoms with Crippen LogP contribution in [0.3, 0.4) is 0 Å². The van der Waals surface area contributed by atoms with E-state index in [1.54, 1.807) is 12.1 Å². The van der Waals surface area contributed by atoms with Gasteiger partial charge in [-0.1, -0.05) is 6.92 Å². The standard InChI is InChI=1S/C14H19N3OS/c1-10-6-8-17(9-7-10)13(18)11-2-4-12(5-3-11)16-14(15)19/h2-5,10H,6-9H2,1H3,(H3,15,16,19). The highest BCUT2D eigenvalue weighted by Gasteiger charge is 2.21. The average molecular weight is 277 g/mol. The Labute approximate surface area is 119 Å². The van der Waals surface area contributed by atoms with Gasteiger partial charge < -0.3 is 16.0 Å². The molecule has 0 spiro atoms. The second-order valence-corrected chi connectivity index (χ2v) is 5.48. The molecule has 4 nitrogen and oxygen atoms in total. The Balaban J connectivity index is 2.01. The van der Waals surface area contributed by atoms with Gasteiger partial charge in [0.2, 0.25) is 0 Å². The average Bonchev–Trinajstić information content (AvgIpc) is 2.39. The molecule has 1 saturated heterocycles. The quantitative estimate of drug-likeness (QED) is 0.814. The molecule has 0 radical (unpaired) electrons. The molecule has 1 aromatic rings. The van der Waals surface area contributed by atoms with Crippen LogP contribution in [0.25, 0.3) is 0 Å². The molecule has 0 atom stereocenters. The van der Waals surface area contributed by atoms with E-state index in [2.05, 4.69) is 12.2 Å². The molecule has 0 unspecified atom stereocenters. The van der Waals surface area contributed by atoms with Gasteiger partial charge in [0.1, 0.15) is 0 Å². The first-order valence-corrected chi connectivity index (χ1v) is 6.93. The van der Waals surface area contributed by atoms with Crippen LogP contribution in [0.1, 0.15) is 30.1 Å². The number of nitrogens with zero attached hydrogens (tertiary/aromatic N) is 1. The third-order valence-electron chi connectivity index (χ3n) is 3.47. The number of amides is 1. The second-order valence-electron chi connectivity index (χ2n) is 5.04. The van der Waals surface area contributed by atoms with Crippen molar-refractivity contribution in [2.45, 2.75) is 19.8 Å². The van der Waals surface area contributed by atoms with E-state index >= 15 is 0 Å². The van der Waals surface area contributed by atoms with Gasteiger partial charge in [0.15, 0.2) is 5.11 Å². The summed E-state index contributed by atoms with van der Waals surface area (Å²) in [6, 6.07) is 7.25. The van der Waals surface area contributed by atoms with Gasteiger partial charge in [-0.05, 0) is 55.2 Å². The van der Waals surface area contributed by atoms with Crippen molar-refractivity contribution in [2.75, 3.05) is 18.4 Å². The highest BCUT2D eigenvalue weighted by Crippen LogP contribution is 2.19. The number of benzene rings is 1. The zero-order valence-corrected chi connectivity index (χ0v) is 11.9. The van der Waals surface area contributed by atoms with Crippen LogP contribution in [0, 0.1) is 5.92 Å². The van der Waals surface area contributed by atoms with Crippen LogP contribution >= 0.6 is 12.2 Å². The summed E-state index contributed by atoms with van der Waals surface area (Å²) in [5.41, 5.74) is 6.91. The first-order chi connectivity index (χ1) is 9.06. The Morgan fingerprint density at radius 3 is 2.42 bits per heavy atom. The summed E-state index contributed by atoms with van der Waals surface area (Å²) in [5.74, 6) is 0.829. The zero-order valence-electron chi connectivity index (χ0n) is 11.1. The fourth-order valence-corrected chi connectivity index (χ4v) is 2.35. The van der Waals surface area contributed by atoms with Gasteiger partial charge in [0.25, 0.3) is 5.91 Å². The lowest BCUT2D eigenvalue weighted by molar-refractivity contribution is 0.0697. The summed E-state index contributed by atoms with van der Waals surface area (Å²) in [4.78, 5) is 14.2. The summed E-state index contributed by atoms with van der Waals surface area (Å²) in [5, 5.41) is 3.07. The molecular formula is C14H19N3OS. The molecule has 2 rings (SSSR count). The number of piperidine rings is 1. The van der Waals surface area contributed by atoms with Gasteiger partial charge in [0, 0.05) is 24.3 Å². The van der Waals surface area contributed by atoms with Crippen LogP contribution in [-0.2, 0) is 0 Å². The van der Waals surface area contributed by atoms with E-state index in [1.165, 1.54) is 0 Å². The van der Waals surface area contributed by atoms with Crippen LogP contribution < -0.4 is 11.1 Å². The summed E-state index contributed by atoms with van der Waals surface area (Å²) >= 11 is 4.77. The maximum atomic E-state index is 12.3. The monoisotopic (exact) mass is 277 g/mol. The van der Waals surface area contributed by atoms with Crippen molar-refractivity contribution in [3.8, 4) is 0 Å². The molecule has 1 aliphatic rings. The van der Waals surface area contributed by atoms with Gasteiger partial charge in [-0.25, -0.2) is 0 Å². The summed E-state index contributed by atoms with van der Waals surface area (Å²) < 4.78 is 0. The zero-order chi connectivity index (χ0) is 13.8. The molecule has 0 aromatic heterocycles. The molecule has 0 saturated carbocycles. The molecule has 1 fully saturated rings.